The van der Waals surface area contributed by atoms with Crippen molar-refractivity contribution < 1.29 is 44.2 Å². The number of aldehydes is 1. The molecule has 4 aliphatic carbocycles. The number of carboxylic acid groups (broad SMARTS) is 1. The van der Waals surface area contributed by atoms with E-state index in [1.165, 1.54) is 7.11 Å². The van der Waals surface area contributed by atoms with Gasteiger partial charge in [0.1, 0.15) is 30.0 Å². The Hall–Kier alpha value is -1.36. The van der Waals surface area contributed by atoms with E-state index in [2.05, 4.69) is 0 Å². The highest BCUT2D eigenvalue weighted by atomic mass is 16.7. The molecule has 5 rings (SSSR count). The zero-order chi connectivity index (χ0) is 26.4. The van der Waals surface area contributed by atoms with Crippen LogP contribution in [0.15, 0.2) is 11.6 Å². The van der Waals surface area contributed by atoms with Crippen molar-refractivity contribution in [2.45, 2.75) is 89.7 Å². The Kier molecular flexibility index (Phi) is 6.07. The van der Waals surface area contributed by atoms with Crippen molar-refractivity contribution in [2.75, 3.05) is 13.7 Å². The molecule has 0 amide bonds. The molecule has 0 aromatic heterocycles. The Balaban J connectivity index is 1.59. The first kappa shape index (κ1) is 26.3. The monoisotopic (exact) mass is 508 g/mol. The molecule has 0 radical (unpaired) electrons. The van der Waals surface area contributed by atoms with E-state index in [9.17, 15) is 30.0 Å². The molecule has 12 atom stereocenters. The summed E-state index contributed by atoms with van der Waals surface area (Å²) >= 11 is 0. The number of aliphatic carboxylic acids is 1. The summed E-state index contributed by atoms with van der Waals surface area (Å²) < 4.78 is 17.3. The van der Waals surface area contributed by atoms with Gasteiger partial charge in [-0.05, 0) is 63.2 Å². The van der Waals surface area contributed by atoms with Gasteiger partial charge >= 0.3 is 5.97 Å². The fourth-order valence-corrected chi connectivity index (χ4v) is 9.30. The van der Waals surface area contributed by atoms with Gasteiger partial charge in [0.15, 0.2) is 6.29 Å². The van der Waals surface area contributed by atoms with Crippen LogP contribution in [0.1, 0.15) is 53.4 Å². The lowest BCUT2D eigenvalue weighted by Crippen LogP contribution is -2.65. The molecule has 5 aliphatic rings. The van der Waals surface area contributed by atoms with Crippen LogP contribution in [0.5, 0.6) is 0 Å². The fourth-order valence-electron chi connectivity index (χ4n) is 9.30. The lowest BCUT2D eigenvalue weighted by molar-refractivity contribution is -0.307. The van der Waals surface area contributed by atoms with Crippen LogP contribution in [0.4, 0.5) is 0 Å². The minimum Gasteiger partial charge on any atom is -0.481 e. The van der Waals surface area contributed by atoms with Crippen molar-refractivity contribution in [1.29, 1.82) is 0 Å². The zero-order valence-electron chi connectivity index (χ0n) is 21.7. The first-order chi connectivity index (χ1) is 16.8. The second kappa shape index (κ2) is 8.32. The van der Waals surface area contributed by atoms with Gasteiger partial charge in [-0.25, -0.2) is 0 Å². The zero-order valence-corrected chi connectivity index (χ0v) is 21.7. The molecular weight excluding hydrogens is 468 g/mol. The summed E-state index contributed by atoms with van der Waals surface area (Å²) in [5, 5.41) is 43.6. The van der Waals surface area contributed by atoms with Gasteiger partial charge in [-0.1, -0.05) is 25.5 Å². The maximum absolute atomic E-state index is 13.5. The Morgan fingerprint density at radius 3 is 2.53 bits per heavy atom. The van der Waals surface area contributed by atoms with E-state index in [1.807, 2.05) is 19.9 Å². The maximum atomic E-state index is 13.5. The third-order valence-corrected chi connectivity index (χ3v) is 10.7. The molecule has 4 fully saturated rings. The van der Waals surface area contributed by atoms with Crippen molar-refractivity contribution in [3.8, 4) is 0 Å². The molecule has 1 heterocycles. The smallest absolute Gasteiger partial charge is 0.315 e. The lowest BCUT2D eigenvalue weighted by Gasteiger charge is -2.59. The maximum Gasteiger partial charge on any atom is 0.315 e. The lowest BCUT2D eigenvalue weighted by atomic mass is 9.42. The van der Waals surface area contributed by atoms with Gasteiger partial charge in [-0.2, -0.15) is 0 Å². The second-order valence-corrected chi connectivity index (χ2v) is 12.5. The van der Waals surface area contributed by atoms with Crippen LogP contribution in [0, 0.1) is 39.9 Å². The number of carboxylic acids is 1. The molecule has 9 nitrogen and oxygen atoms in total. The highest BCUT2D eigenvalue weighted by Crippen LogP contribution is 2.82. The van der Waals surface area contributed by atoms with E-state index in [1.54, 1.807) is 13.8 Å². The van der Waals surface area contributed by atoms with Crippen LogP contribution in [0.2, 0.25) is 0 Å². The predicted molar refractivity (Wildman–Crippen MR) is 127 cm³/mol. The number of rotatable bonds is 7. The van der Waals surface area contributed by atoms with Crippen LogP contribution >= 0.6 is 0 Å². The minimum atomic E-state index is -1.47. The number of carbonyl (C=O) groups is 2. The normalized spacial score (nSPS) is 53.4. The molecule has 9 unspecified atom stereocenters. The quantitative estimate of drug-likeness (QED) is 0.297. The molecule has 0 spiro atoms. The standard InChI is InChI=1S/C27H40O9/c1-13(2)17-8-15-9-25(11-28)16-6-7-24(4,33)18(16)10-26(15,27(17,25)23(31)32)12-35-22-20(30)19(29)21(34-5)14(3)36-22/h8,11,13-16,18-22,29-30,33H,6-7,9-10,12H2,1-5H3,(H,31,32)/t14?,15?,16-,18+,19?,20?,21?,22?,24+,25?,26?,27?/m1/s1. The summed E-state index contributed by atoms with van der Waals surface area (Å²) in [6.07, 6.45) is -0.264. The number of hydrogen-bond donors (Lipinski definition) is 4. The molecule has 4 bridgehead atoms. The third kappa shape index (κ3) is 2.93. The number of ether oxygens (including phenoxy) is 3. The molecule has 0 aromatic carbocycles. The van der Waals surface area contributed by atoms with Gasteiger partial charge in [0.2, 0.25) is 0 Å². The Morgan fingerprint density at radius 2 is 1.94 bits per heavy atom. The Labute approximate surface area is 211 Å². The largest absolute Gasteiger partial charge is 0.481 e. The predicted octanol–water partition coefficient (Wildman–Crippen LogP) is 1.52. The van der Waals surface area contributed by atoms with Gasteiger partial charge in [0.05, 0.1) is 23.7 Å². The number of carbonyl (C=O) groups excluding carboxylic acids is 1. The summed E-state index contributed by atoms with van der Waals surface area (Å²) in [5.41, 5.74) is -3.87. The van der Waals surface area contributed by atoms with Crippen molar-refractivity contribution in [1.82, 2.24) is 0 Å². The van der Waals surface area contributed by atoms with Crippen LogP contribution in [0.3, 0.4) is 0 Å². The fraction of sp³-hybridized carbons (Fsp3) is 0.852. The third-order valence-electron chi connectivity index (χ3n) is 10.7. The van der Waals surface area contributed by atoms with Crippen molar-refractivity contribution in [3.63, 3.8) is 0 Å². The molecule has 1 saturated heterocycles. The average molecular weight is 509 g/mol. The molecule has 9 heteroatoms. The van der Waals surface area contributed by atoms with Crippen molar-refractivity contribution in [2.24, 2.45) is 39.9 Å². The van der Waals surface area contributed by atoms with Crippen LogP contribution < -0.4 is 0 Å². The van der Waals surface area contributed by atoms with E-state index in [0.29, 0.717) is 25.7 Å². The second-order valence-electron chi connectivity index (χ2n) is 12.5. The first-order valence-electron chi connectivity index (χ1n) is 13.1. The number of aliphatic hydroxyl groups is 3. The number of fused-ring (bicyclic) bond motifs is 2. The number of allylic oxidation sites excluding steroid dienone is 1. The van der Waals surface area contributed by atoms with E-state index in [-0.39, 0.29) is 30.3 Å². The molecule has 1 aliphatic heterocycles. The molecule has 202 valence electrons. The summed E-state index contributed by atoms with van der Waals surface area (Å²) in [4.78, 5) is 26.6. The summed E-state index contributed by atoms with van der Waals surface area (Å²) in [6, 6.07) is 0. The van der Waals surface area contributed by atoms with E-state index < -0.39 is 58.5 Å². The van der Waals surface area contributed by atoms with Crippen LogP contribution in [-0.2, 0) is 23.8 Å². The highest BCUT2D eigenvalue weighted by Gasteiger charge is 2.85. The summed E-state index contributed by atoms with van der Waals surface area (Å²) in [7, 11) is 1.43. The molecule has 36 heavy (non-hydrogen) atoms. The van der Waals surface area contributed by atoms with E-state index in [0.717, 1.165) is 11.9 Å². The van der Waals surface area contributed by atoms with Crippen LogP contribution in [-0.4, -0.2) is 82.7 Å². The Morgan fingerprint density at radius 1 is 1.25 bits per heavy atom. The van der Waals surface area contributed by atoms with Gasteiger partial charge in [-0.3, -0.25) is 4.79 Å². The minimum absolute atomic E-state index is 0.0790. The average Bonchev–Trinajstić information content (AvgIpc) is 3.34. The highest BCUT2D eigenvalue weighted by molar-refractivity contribution is 5.90. The molecular formula is C27H40O9. The molecule has 3 saturated carbocycles. The first-order valence-corrected chi connectivity index (χ1v) is 13.1. The van der Waals surface area contributed by atoms with Gasteiger partial charge in [0, 0.05) is 12.5 Å². The number of methoxy groups -OCH3 is 1. The number of aliphatic hydroxyl groups excluding tert-OH is 2. The van der Waals surface area contributed by atoms with Gasteiger partial charge < -0.3 is 39.4 Å². The summed E-state index contributed by atoms with van der Waals surface area (Å²) in [5.74, 6) is -1.83. The molecule has 4 N–H and O–H groups in total. The SMILES string of the molecule is COC1C(C)OC(OCC23C[C@H]4[C@@H](CC[C@]4(C)O)C4(C=O)CC2C=C(C(C)C)C34C(=O)O)C(O)C1O. The van der Waals surface area contributed by atoms with Crippen molar-refractivity contribution >= 4 is 12.3 Å². The molecule has 0 aromatic rings. The van der Waals surface area contributed by atoms with Gasteiger partial charge in [0.25, 0.3) is 0 Å². The summed E-state index contributed by atoms with van der Waals surface area (Å²) in [6.45, 7) is 7.34. The van der Waals surface area contributed by atoms with E-state index >= 15 is 0 Å². The van der Waals surface area contributed by atoms with E-state index in [4.69, 9.17) is 14.2 Å². The van der Waals surface area contributed by atoms with Gasteiger partial charge in [-0.15, -0.1) is 0 Å². The van der Waals surface area contributed by atoms with Crippen LogP contribution in [0.25, 0.3) is 0 Å². The van der Waals surface area contributed by atoms with Crippen molar-refractivity contribution in [3.05, 3.63) is 11.6 Å². The number of hydrogen-bond acceptors (Lipinski definition) is 8. The Bertz CT molecular complexity index is 961. The topological polar surface area (TPSA) is 143 Å².